The molecule has 0 unspecified atom stereocenters. The fourth-order valence-electron chi connectivity index (χ4n) is 5.89. The smallest absolute Gasteiger partial charge is 0.407 e. The molecule has 0 spiro atoms. The second-order valence-electron chi connectivity index (χ2n) is 11.0. The number of amides is 2. The maximum absolute atomic E-state index is 12.4. The Hall–Kier alpha value is -5.10. The lowest BCUT2D eigenvalue weighted by atomic mass is 9.97. The van der Waals surface area contributed by atoms with Gasteiger partial charge in [0.05, 0.1) is 0 Å². The number of alkyl carbamates (subject to hydrolysis) is 2. The Morgan fingerprint density at radius 1 is 0.455 bits per heavy atom. The van der Waals surface area contributed by atoms with Gasteiger partial charge < -0.3 is 20.1 Å². The molecule has 0 aliphatic rings. The standard InChI is InChI=1S/C38H36N2O4/c41-37(43-25-35-31-17-7-3-13-27(31)23-28-14-4-8-18-32(28)35)39-21-11-1-2-12-22-40-38(42)44-26-36-33-19-9-5-15-29(33)24-30-16-6-10-20-34(30)36/h3-10,13-20,23-24H,1-2,11-12,21-22,25-26H2,(H,39,41)(H,40,42). The summed E-state index contributed by atoms with van der Waals surface area (Å²) < 4.78 is 11.2. The minimum absolute atomic E-state index is 0.214. The van der Waals surface area contributed by atoms with Crippen molar-refractivity contribution in [2.45, 2.75) is 38.9 Å². The number of hydrogen-bond donors (Lipinski definition) is 2. The Morgan fingerprint density at radius 2 is 0.773 bits per heavy atom. The number of unbranched alkanes of at least 4 members (excludes halogenated alkanes) is 3. The molecule has 0 bridgehead atoms. The van der Waals surface area contributed by atoms with Gasteiger partial charge in [-0.2, -0.15) is 0 Å². The lowest BCUT2D eigenvalue weighted by molar-refractivity contribution is 0.139. The largest absolute Gasteiger partial charge is 0.445 e. The average Bonchev–Trinajstić information content (AvgIpc) is 3.06. The molecule has 2 amide bonds. The maximum Gasteiger partial charge on any atom is 0.407 e. The first-order valence-corrected chi connectivity index (χ1v) is 15.3. The van der Waals surface area contributed by atoms with Gasteiger partial charge in [-0.25, -0.2) is 9.59 Å². The van der Waals surface area contributed by atoms with E-state index in [0.717, 1.165) is 79.9 Å². The van der Waals surface area contributed by atoms with Crippen LogP contribution < -0.4 is 10.6 Å². The summed E-state index contributed by atoms with van der Waals surface area (Å²) in [7, 11) is 0. The zero-order valence-electron chi connectivity index (χ0n) is 24.7. The SMILES string of the molecule is O=C(NCCCCCCNC(=O)OCc1c2ccccc2cc2ccccc12)OCc1c2ccccc2cc2ccccc12. The molecule has 6 aromatic carbocycles. The third-order valence-corrected chi connectivity index (χ3v) is 8.10. The Bertz CT molecular complexity index is 1680. The van der Waals surface area contributed by atoms with E-state index in [1.807, 2.05) is 48.5 Å². The van der Waals surface area contributed by atoms with Crippen LogP contribution in [0.15, 0.2) is 109 Å². The van der Waals surface area contributed by atoms with Gasteiger partial charge in [-0.05, 0) is 68.1 Å². The van der Waals surface area contributed by atoms with Crippen molar-refractivity contribution in [2.24, 2.45) is 0 Å². The van der Waals surface area contributed by atoms with Gasteiger partial charge in [-0.15, -0.1) is 0 Å². The van der Waals surface area contributed by atoms with Crippen molar-refractivity contribution in [3.8, 4) is 0 Å². The number of carbonyl (C=O) groups excluding carboxylic acids is 2. The summed E-state index contributed by atoms with van der Waals surface area (Å²) in [5.41, 5.74) is 2.04. The molecule has 6 nitrogen and oxygen atoms in total. The molecule has 0 heterocycles. The van der Waals surface area contributed by atoms with Gasteiger partial charge in [-0.1, -0.05) is 110 Å². The molecule has 0 aliphatic carbocycles. The summed E-state index contributed by atoms with van der Waals surface area (Å²) in [6, 6.07) is 37.0. The second-order valence-corrected chi connectivity index (χ2v) is 11.0. The van der Waals surface area contributed by atoms with E-state index in [9.17, 15) is 9.59 Å². The van der Waals surface area contributed by atoms with Crippen LogP contribution in [0.25, 0.3) is 43.1 Å². The van der Waals surface area contributed by atoms with Gasteiger partial charge in [0.2, 0.25) is 0 Å². The predicted molar refractivity (Wildman–Crippen MR) is 178 cm³/mol. The molecule has 6 aromatic rings. The first kappa shape index (κ1) is 29.0. The monoisotopic (exact) mass is 584 g/mol. The van der Waals surface area contributed by atoms with E-state index < -0.39 is 12.2 Å². The summed E-state index contributed by atoms with van der Waals surface area (Å²) in [6.07, 6.45) is 2.73. The summed E-state index contributed by atoms with van der Waals surface area (Å²) in [4.78, 5) is 24.8. The quantitative estimate of drug-likeness (QED) is 0.118. The summed E-state index contributed by atoms with van der Waals surface area (Å²) in [6.45, 7) is 1.52. The number of fused-ring (bicyclic) bond motifs is 4. The van der Waals surface area contributed by atoms with Gasteiger partial charge in [0.15, 0.2) is 0 Å². The normalized spacial score (nSPS) is 11.2. The highest BCUT2D eigenvalue weighted by Gasteiger charge is 2.12. The molecule has 0 aliphatic heterocycles. The highest BCUT2D eigenvalue weighted by molar-refractivity contribution is 6.03. The van der Waals surface area contributed by atoms with E-state index in [0.29, 0.717) is 13.1 Å². The number of nitrogens with one attached hydrogen (secondary N) is 2. The van der Waals surface area contributed by atoms with E-state index in [1.54, 1.807) is 0 Å². The molecule has 0 radical (unpaired) electrons. The molecule has 0 saturated heterocycles. The molecule has 44 heavy (non-hydrogen) atoms. The van der Waals surface area contributed by atoms with Crippen molar-refractivity contribution < 1.29 is 19.1 Å². The fourth-order valence-corrected chi connectivity index (χ4v) is 5.89. The van der Waals surface area contributed by atoms with Crippen molar-refractivity contribution in [2.75, 3.05) is 13.1 Å². The predicted octanol–water partition coefficient (Wildman–Crippen LogP) is 9.01. The second kappa shape index (κ2) is 13.9. The minimum atomic E-state index is -0.412. The van der Waals surface area contributed by atoms with Crippen molar-refractivity contribution >= 4 is 55.3 Å². The first-order chi connectivity index (χ1) is 21.7. The van der Waals surface area contributed by atoms with Crippen LogP contribution in [0.1, 0.15) is 36.8 Å². The lowest BCUT2D eigenvalue weighted by Gasteiger charge is -2.13. The van der Waals surface area contributed by atoms with Crippen molar-refractivity contribution in [1.29, 1.82) is 0 Å². The van der Waals surface area contributed by atoms with Crippen LogP contribution in [0, 0.1) is 0 Å². The van der Waals surface area contributed by atoms with Crippen LogP contribution in [0.4, 0.5) is 9.59 Å². The Balaban J connectivity index is 0.887. The zero-order valence-corrected chi connectivity index (χ0v) is 24.7. The van der Waals surface area contributed by atoms with Gasteiger partial charge in [0.1, 0.15) is 13.2 Å². The average molecular weight is 585 g/mol. The van der Waals surface area contributed by atoms with Crippen molar-refractivity contribution in [1.82, 2.24) is 10.6 Å². The number of carbonyl (C=O) groups is 2. The Kier molecular flexibility index (Phi) is 9.17. The first-order valence-electron chi connectivity index (χ1n) is 15.3. The highest BCUT2D eigenvalue weighted by Crippen LogP contribution is 2.30. The zero-order chi connectivity index (χ0) is 30.1. The molecular weight excluding hydrogens is 548 g/mol. The molecule has 0 atom stereocenters. The molecule has 2 N–H and O–H groups in total. The minimum Gasteiger partial charge on any atom is -0.445 e. The van der Waals surface area contributed by atoms with Crippen LogP contribution in [0.3, 0.4) is 0 Å². The molecule has 0 saturated carbocycles. The highest BCUT2D eigenvalue weighted by atomic mass is 16.6. The van der Waals surface area contributed by atoms with E-state index in [-0.39, 0.29) is 13.2 Å². The number of rotatable bonds is 11. The van der Waals surface area contributed by atoms with Crippen LogP contribution in [-0.4, -0.2) is 25.3 Å². The van der Waals surface area contributed by atoms with Crippen molar-refractivity contribution in [3.05, 3.63) is 120 Å². The number of ether oxygens (including phenoxy) is 2. The lowest BCUT2D eigenvalue weighted by Crippen LogP contribution is -2.26. The van der Waals surface area contributed by atoms with Crippen molar-refractivity contribution in [3.63, 3.8) is 0 Å². The molecule has 6 rings (SSSR count). The Morgan fingerprint density at radius 3 is 1.11 bits per heavy atom. The molecule has 0 fully saturated rings. The van der Waals surface area contributed by atoms with Gasteiger partial charge >= 0.3 is 12.2 Å². The Labute approximate surface area is 257 Å². The van der Waals surface area contributed by atoms with Crippen LogP contribution >= 0.6 is 0 Å². The molecular formula is C38H36N2O4. The molecule has 6 heteroatoms. The van der Waals surface area contributed by atoms with E-state index in [4.69, 9.17) is 9.47 Å². The third-order valence-electron chi connectivity index (χ3n) is 8.10. The van der Waals surface area contributed by atoms with Crippen LogP contribution in [0.5, 0.6) is 0 Å². The summed E-state index contributed by atoms with van der Waals surface area (Å²) in [5, 5.41) is 14.6. The number of benzene rings is 6. The summed E-state index contributed by atoms with van der Waals surface area (Å²) >= 11 is 0. The van der Waals surface area contributed by atoms with Gasteiger partial charge in [0.25, 0.3) is 0 Å². The van der Waals surface area contributed by atoms with Crippen LogP contribution in [0.2, 0.25) is 0 Å². The van der Waals surface area contributed by atoms with Gasteiger partial charge in [-0.3, -0.25) is 0 Å². The summed E-state index contributed by atoms with van der Waals surface area (Å²) in [5.74, 6) is 0. The topological polar surface area (TPSA) is 76.7 Å². The molecule has 222 valence electrons. The number of hydrogen-bond acceptors (Lipinski definition) is 4. The van der Waals surface area contributed by atoms with Crippen LogP contribution in [-0.2, 0) is 22.7 Å². The molecule has 0 aromatic heterocycles. The van der Waals surface area contributed by atoms with E-state index >= 15 is 0 Å². The maximum atomic E-state index is 12.4. The third kappa shape index (κ3) is 6.76. The van der Waals surface area contributed by atoms with Gasteiger partial charge in [0, 0.05) is 24.2 Å². The van der Waals surface area contributed by atoms with E-state index in [1.165, 1.54) is 0 Å². The fraction of sp³-hybridized carbons (Fsp3) is 0.211. The van der Waals surface area contributed by atoms with E-state index in [2.05, 4.69) is 71.3 Å².